The third-order valence-electron chi connectivity index (χ3n) is 1.40. The van der Waals surface area contributed by atoms with Gasteiger partial charge in [0, 0.05) is 13.0 Å². The Morgan fingerprint density at radius 1 is 1.36 bits per heavy atom. The lowest BCUT2D eigenvalue weighted by atomic mass is 10.3. The first-order valence-electron chi connectivity index (χ1n) is 4.05. The normalized spacial score (nSPS) is 9.45. The van der Waals surface area contributed by atoms with E-state index in [1.54, 1.807) is 0 Å². The molecule has 0 saturated heterocycles. The van der Waals surface area contributed by atoms with Crippen LogP contribution in [0.2, 0.25) is 0 Å². The van der Waals surface area contributed by atoms with Crippen molar-refractivity contribution in [2.75, 3.05) is 25.1 Å². The van der Waals surface area contributed by atoms with Crippen molar-refractivity contribution >= 4 is 11.8 Å². The summed E-state index contributed by atoms with van der Waals surface area (Å²) in [6, 6.07) is 0. The number of hydrogen-bond donors (Lipinski definition) is 1. The van der Waals surface area contributed by atoms with Gasteiger partial charge in [-0.15, -0.1) is 12.3 Å². The van der Waals surface area contributed by atoms with E-state index in [1.807, 2.05) is 11.8 Å². The number of unbranched alkanes of at least 4 members (excludes halogenated alkanes) is 1. The van der Waals surface area contributed by atoms with Crippen LogP contribution >= 0.6 is 11.8 Å². The molecule has 0 aliphatic rings. The maximum atomic E-state index is 5.10. The quantitative estimate of drug-likeness (QED) is 0.462. The molecule has 0 unspecified atom stereocenters. The zero-order valence-electron chi connectivity index (χ0n) is 7.23. The Bertz CT molecular complexity index is 107. The van der Waals surface area contributed by atoms with Gasteiger partial charge in [0.15, 0.2) is 0 Å². The lowest BCUT2D eigenvalue weighted by Gasteiger charge is -2.00. The second-order valence-electron chi connectivity index (χ2n) is 2.40. The molecule has 11 heavy (non-hydrogen) atoms. The van der Waals surface area contributed by atoms with Crippen LogP contribution in [0.5, 0.6) is 0 Å². The van der Waals surface area contributed by atoms with Crippen LogP contribution in [0.4, 0.5) is 0 Å². The van der Waals surface area contributed by atoms with E-state index in [9.17, 15) is 0 Å². The Hall–Kier alpha value is -0.130. The number of terminal acetylenes is 1. The lowest BCUT2D eigenvalue weighted by molar-refractivity contribution is 0.651. The van der Waals surface area contributed by atoms with Crippen LogP contribution < -0.4 is 5.32 Å². The third-order valence-corrected chi connectivity index (χ3v) is 2.10. The van der Waals surface area contributed by atoms with Crippen molar-refractivity contribution in [3.05, 3.63) is 0 Å². The van der Waals surface area contributed by atoms with Gasteiger partial charge in [-0.05, 0) is 31.4 Å². The van der Waals surface area contributed by atoms with Crippen molar-refractivity contribution in [3.63, 3.8) is 0 Å². The molecule has 0 atom stereocenters. The van der Waals surface area contributed by atoms with Gasteiger partial charge in [-0.1, -0.05) is 0 Å². The van der Waals surface area contributed by atoms with E-state index in [4.69, 9.17) is 6.42 Å². The van der Waals surface area contributed by atoms with Gasteiger partial charge in [0.25, 0.3) is 0 Å². The Morgan fingerprint density at radius 2 is 2.18 bits per heavy atom. The van der Waals surface area contributed by atoms with Gasteiger partial charge >= 0.3 is 0 Å². The van der Waals surface area contributed by atoms with Gasteiger partial charge in [-0.2, -0.15) is 11.8 Å². The van der Waals surface area contributed by atoms with E-state index in [0.717, 1.165) is 19.5 Å². The molecule has 0 aromatic heterocycles. The highest BCUT2D eigenvalue weighted by atomic mass is 32.2. The second kappa shape index (κ2) is 9.87. The summed E-state index contributed by atoms with van der Waals surface area (Å²) in [5.74, 6) is 3.88. The number of thioether (sulfide) groups is 1. The molecular weight excluding hydrogens is 154 g/mol. The van der Waals surface area contributed by atoms with Crippen molar-refractivity contribution in [2.24, 2.45) is 0 Å². The molecule has 64 valence electrons. The van der Waals surface area contributed by atoms with Crippen LogP contribution in [0.3, 0.4) is 0 Å². The van der Waals surface area contributed by atoms with Gasteiger partial charge in [-0.3, -0.25) is 0 Å². The van der Waals surface area contributed by atoms with Gasteiger partial charge in [0.05, 0.1) is 0 Å². The average molecular weight is 171 g/mol. The lowest BCUT2D eigenvalue weighted by Crippen LogP contribution is -2.16. The molecule has 0 aliphatic heterocycles. The van der Waals surface area contributed by atoms with E-state index in [0.29, 0.717) is 0 Å². The third kappa shape index (κ3) is 9.87. The van der Waals surface area contributed by atoms with Crippen LogP contribution in [0.15, 0.2) is 0 Å². The molecule has 0 amide bonds. The molecule has 0 spiro atoms. The number of hydrogen-bond acceptors (Lipinski definition) is 2. The molecule has 2 heteroatoms. The first kappa shape index (κ1) is 10.9. The average Bonchev–Trinajstić information content (AvgIpc) is 2.03. The molecular formula is C9H17NS. The Morgan fingerprint density at radius 3 is 2.82 bits per heavy atom. The van der Waals surface area contributed by atoms with Gasteiger partial charge in [0.2, 0.25) is 0 Å². The van der Waals surface area contributed by atoms with E-state index in [-0.39, 0.29) is 0 Å². The fourth-order valence-electron chi connectivity index (χ4n) is 0.782. The first-order chi connectivity index (χ1) is 5.41. The summed E-state index contributed by atoms with van der Waals surface area (Å²) < 4.78 is 0. The summed E-state index contributed by atoms with van der Waals surface area (Å²) in [6.45, 7) is 2.08. The van der Waals surface area contributed by atoms with Gasteiger partial charge in [0.1, 0.15) is 0 Å². The van der Waals surface area contributed by atoms with E-state index < -0.39 is 0 Å². The highest BCUT2D eigenvalue weighted by molar-refractivity contribution is 7.98. The van der Waals surface area contributed by atoms with Crippen molar-refractivity contribution in [1.29, 1.82) is 0 Å². The van der Waals surface area contributed by atoms with Crippen molar-refractivity contribution in [2.45, 2.75) is 19.3 Å². The Labute approximate surface area is 74.3 Å². The minimum absolute atomic E-state index is 0.850. The zero-order chi connectivity index (χ0) is 8.36. The summed E-state index contributed by atoms with van der Waals surface area (Å²) in [6.07, 6.45) is 10.7. The fraction of sp³-hybridized carbons (Fsp3) is 0.778. The Balaban J connectivity index is 2.75. The maximum absolute atomic E-state index is 5.10. The molecule has 1 nitrogen and oxygen atoms in total. The summed E-state index contributed by atoms with van der Waals surface area (Å²) >= 11 is 1.91. The van der Waals surface area contributed by atoms with Gasteiger partial charge < -0.3 is 5.32 Å². The summed E-state index contributed by atoms with van der Waals surface area (Å²) in [4.78, 5) is 0. The predicted octanol–water partition coefficient (Wildman–Crippen LogP) is 1.74. The molecule has 0 aromatic carbocycles. The van der Waals surface area contributed by atoms with E-state index >= 15 is 0 Å². The zero-order valence-corrected chi connectivity index (χ0v) is 8.04. The van der Waals surface area contributed by atoms with Gasteiger partial charge in [-0.25, -0.2) is 0 Å². The largest absolute Gasteiger partial charge is 0.316 e. The predicted molar refractivity (Wildman–Crippen MR) is 53.9 cm³/mol. The first-order valence-corrected chi connectivity index (χ1v) is 5.44. The minimum Gasteiger partial charge on any atom is -0.316 e. The van der Waals surface area contributed by atoms with E-state index in [1.165, 1.54) is 18.6 Å². The topological polar surface area (TPSA) is 12.0 Å². The highest BCUT2D eigenvalue weighted by Crippen LogP contribution is 1.97. The van der Waals surface area contributed by atoms with Crippen LogP contribution in [0.25, 0.3) is 0 Å². The molecule has 0 fully saturated rings. The molecule has 0 aliphatic carbocycles. The van der Waals surface area contributed by atoms with Crippen molar-refractivity contribution < 1.29 is 0 Å². The fourth-order valence-corrected chi connectivity index (χ4v) is 1.27. The molecule has 0 radical (unpaired) electrons. The molecule has 1 N–H and O–H groups in total. The van der Waals surface area contributed by atoms with E-state index in [2.05, 4.69) is 17.5 Å². The standard InChI is InChI=1S/C9H17NS/c1-3-4-7-10-8-5-6-9-11-2/h1,10H,4-9H2,2H3. The maximum Gasteiger partial charge on any atom is 0.0211 e. The summed E-state index contributed by atoms with van der Waals surface area (Å²) in [7, 11) is 0. The smallest absolute Gasteiger partial charge is 0.0211 e. The molecule has 0 aromatic rings. The molecule has 0 saturated carbocycles. The number of nitrogens with one attached hydrogen (secondary N) is 1. The van der Waals surface area contributed by atoms with Crippen LogP contribution in [-0.4, -0.2) is 25.1 Å². The monoisotopic (exact) mass is 171 g/mol. The Kier molecular flexibility index (Phi) is 9.75. The van der Waals surface area contributed by atoms with Crippen molar-refractivity contribution in [1.82, 2.24) is 5.32 Å². The van der Waals surface area contributed by atoms with Crippen LogP contribution in [0.1, 0.15) is 19.3 Å². The van der Waals surface area contributed by atoms with Crippen LogP contribution in [-0.2, 0) is 0 Å². The molecule has 0 heterocycles. The molecule has 0 rings (SSSR count). The number of rotatable bonds is 7. The van der Waals surface area contributed by atoms with Crippen LogP contribution in [0, 0.1) is 12.3 Å². The van der Waals surface area contributed by atoms with Crippen molar-refractivity contribution in [3.8, 4) is 12.3 Å². The SMILES string of the molecule is C#CCCNCCCCSC. The second-order valence-corrected chi connectivity index (χ2v) is 3.39. The highest BCUT2D eigenvalue weighted by Gasteiger charge is 1.86. The summed E-state index contributed by atoms with van der Waals surface area (Å²) in [5, 5.41) is 3.29. The summed E-state index contributed by atoms with van der Waals surface area (Å²) in [5.41, 5.74) is 0. The minimum atomic E-state index is 0.850. The molecule has 0 bridgehead atoms.